The molecule has 0 saturated heterocycles. The maximum atomic E-state index is 4.42. The maximum absolute atomic E-state index is 4.42. The summed E-state index contributed by atoms with van der Waals surface area (Å²) in [5, 5.41) is 0. The second-order valence-corrected chi connectivity index (χ2v) is 5.51. The van der Waals surface area contributed by atoms with Crippen molar-refractivity contribution in [3.05, 3.63) is 53.6 Å². The van der Waals surface area contributed by atoms with Gasteiger partial charge in [-0.15, -0.1) is 0 Å². The molecule has 1 heterocycles. The third-order valence-corrected chi connectivity index (χ3v) is 4.38. The van der Waals surface area contributed by atoms with Gasteiger partial charge in [-0.25, -0.2) is 0 Å². The Morgan fingerprint density at radius 3 is 2.57 bits per heavy atom. The van der Waals surface area contributed by atoms with Crippen LogP contribution in [0.15, 0.2) is 36.7 Å². The second-order valence-electron chi connectivity index (χ2n) is 3.35. The SMILES string of the molecule is Cc1c(Cc2ccccc2)nc[n]1[Tl]. The fourth-order valence-electron chi connectivity index (χ4n) is 1.42. The molecule has 1 aromatic heterocycles. The van der Waals surface area contributed by atoms with E-state index in [1.165, 1.54) is 17.0 Å². The van der Waals surface area contributed by atoms with Crippen LogP contribution < -0.4 is 0 Å². The molecule has 0 saturated carbocycles. The summed E-state index contributed by atoms with van der Waals surface area (Å²) in [4.78, 5) is 4.42. The third kappa shape index (κ3) is 2.05. The topological polar surface area (TPSA) is 17.8 Å². The Balaban J connectivity index is 2.23. The summed E-state index contributed by atoms with van der Waals surface area (Å²) >= 11 is 0.817. The zero-order valence-electron chi connectivity index (χ0n) is 8.14. The van der Waals surface area contributed by atoms with Crippen molar-refractivity contribution in [2.45, 2.75) is 13.3 Å². The molecule has 2 nitrogen and oxygen atoms in total. The number of benzene rings is 1. The molecule has 0 aliphatic heterocycles. The zero-order valence-corrected chi connectivity index (χ0v) is 12.6. The molecule has 0 atom stereocenters. The van der Waals surface area contributed by atoms with E-state index in [0.717, 1.165) is 32.5 Å². The Kier molecular flexibility index (Phi) is 3.00. The molecular formula is C11H11N2Tl. The van der Waals surface area contributed by atoms with Gasteiger partial charge in [0.05, 0.1) is 0 Å². The van der Waals surface area contributed by atoms with Gasteiger partial charge in [-0.05, 0) is 0 Å². The molecule has 1 aromatic carbocycles. The molecule has 0 N–H and O–H groups in total. The molecule has 0 aliphatic carbocycles. The molecular weight excluding hydrogens is 365 g/mol. The van der Waals surface area contributed by atoms with Crippen LogP contribution in [-0.2, 0) is 6.42 Å². The number of rotatable bonds is 2. The quantitative estimate of drug-likeness (QED) is 0.731. The molecule has 2 rings (SSSR count). The van der Waals surface area contributed by atoms with Crippen LogP contribution in [0.3, 0.4) is 0 Å². The van der Waals surface area contributed by atoms with Gasteiger partial charge in [0, 0.05) is 0 Å². The Bertz CT molecular complexity index is 420. The minimum atomic E-state index is 0.817. The van der Waals surface area contributed by atoms with E-state index in [2.05, 4.69) is 38.5 Å². The summed E-state index contributed by atoms with van der Waals surface area (Å²) in [5.41, 5.74) is 3.86. The summed E-state index contributed by atoms with van der Waals surface area (Å²) in [5.74, 6) is 0. The van der Waals surface area contributed by atoms with E-state index in [0.29, 0.717) is 0 Å². The Morgan fingerprint density at radius 2 is 2.00 bits per heavy atom. The van der Waals surface area contributed by atoms with Crippen LogP contribution in [0.2, 0.25) is 0 Å². The van der Waals surface area contributed by atoms with E-state index in [1.54, 1.807) is 0 Å². The zero-order chi connectivity index (χ0) is 9.97. The van der Waals surface area contributed by atoms with Crippen molar-refractivity contribution in [2.75, 3.05) is 0 Å². The molecule has 68 valence electrons. The van der Waals surface area contributed by atoms with Crippen molar-refractivity contribution >= 4 is 26.1 Å². The molecule has 0 unspecified atom stereocenters. The summed E-state index contributed by atoms with van der Waals surface area (Å²) in [6, 6.07) is 10.5. The monoisotopic (exact) mass is 376 g/mol. The number of hydrogen-bond donors (Lipinski definition) is 0. The van der Waals surface area contributed by atoms with Crippen LogP contribution in [-0.4, -0.2) is 33.4 Å². The first-order valence-corrected chi connectivity index (χ1v) is 6.60. The number of nitrogens with zero attached hydrogens (tertiary/aromatic N) is 2. The van der Waals surface area contributed by atoms with Crippen molar-refractivity contribution in [1.82, 2.24) is 7.36 Å². The third-order valence-electron chi connectivity index (χ3n) is 2.36. The Hall–Kier alpha value is -0.648. The van der Waals surface area contributed by atoms with Gasteiger partial charge in [0.15, 0.2) is 0 Å². The fourth-order valence-corrected chi connectivity index (χ4v) is 2.26. The average Bonchev–Trinajstić information content (AvgIpc) is 2.52. The van der Waals surface area contributed by atoms with Gasteiger partial charge in [0.1, 0.15) is 0 Å². The van der Waals surface area contributed by atoms with Gasteiger partial charge >= 0.3 is 100 Å². The van der Waals surface area contributed by atoms with Gasteiger partial charge in [0.2, 0.25) is 0 Å². The molecule has 0 amide bonds. The van der Waals surface area contributed by atoms with Crippen LogP contribution in [0.1, 0.15) is 17.0 Å². The summed E-state index contributed by atoms with van der Waals surface area (Å²) < 4.78 is 2.22. The second kappa shape index (κ2) is 4.25. The van der Waals surface area contributed by atoms with E-state index >= 15 is 0 Å². The average molecular weight is 376 g/mol. The first-order chi connectivity index (χ1) is 6.77. The standard InChI is InChI=1S/C11H11N2.Tl/c1-9-11(13-8-12-9)7-10-5-3-2-4-6-10;/h2-6,8H,7H2,1H3;/q-1;+1. The first kappa shape index (κ1) is 9.89. The van der Waals surface area contributed by atoms with E-state index in [9.17, 15) is 0 Å². The van der Waals surface area contributed by atoms with Crippen LogP contribution in [0.4, 0.5) is 0 Å². The predicted octanol–water partition coefficient (Wildman–Crippen LogP) is 1.71. The van der Waals surface area contributed by atoms with E-state index in [4.69, 9.17) is 0 Å². The normalized spacial score (nSPS) is 10.3. The van der Waals surface area contributed by atoms with Crippen LogP contribution in [0.5, 0.6) is 0 Å². The van der Waals surface area contributed by atoms with Crippen LogP contribution in [0.25, 0.3) is 0 Å². The predicted molar refractivity (Wildman–Crippen MR) is 57.4 cm³/mol. The summed E-state index contributed by atoms with van der Waals surface area (Å²) in [6.45, 7) is 2.14. The van der Waals surface area contributed by atoms with Crippen LogP contribution in [0, 0.1) is 6.92 Å². The molecule has 0 spiro atoms. The summed E-state index contributed by atoms with van der Waals surface area (Å²) in [7, 11) is 0. The van der Waals surface area contributed by atoms with E-state index < -0.39 is 0 Å². The van der Waals surface area contributed by atoms with Gasteiger partial charge in [-0.1, -0.05) is 0 Å². The van der Waals surface area contributed by atoms with Gasteiger partial charge in [-0.2, -0.15) is 0 Å². The van der Waals surface area contributed by atoms with Gasteiger partial charge < -0.3 is 0 Å². The van der Waals surface area contributed by atoms with Crippen molar-refractivity contribution in [1.29, 1.82) is 0 Å². The summed E-state index contributed by atoms with van der Waals surface area (Å²) in [6.07, 6.45) is 2.89. The number of imidazole rings is 1. The van der Waals surface area contributed by atoms with Crippen LogP contribution >= 0.6 is 0 Å². The van der Waals surface area contributed by atoms with Crippen molar-refractivity contribution in [3.63, 3.8) is 0 Å². The number of hydrogen-bond acceptors (Lipinski definition) is 1. The van der Waals surface area contributed by atoms with E-state index in [-0.39, 0.29) is 0 Å². The molecule has 2 aromatic rings. The molecule has 3 heteroatoms. The first-order valence-electron chi connectivity index (χ1n) is 4.59. The molecule has 0 bridgehead atoms. The van der Waals surface area contributed by atoms with Gasteiger partial charge in [0.25, 0.3) is 0 Å². The van der Waals surface area contributed by atoms with Crippen molar-refractivity contribution in [2.24, 2.45) is 0 Å². The van der Waals surface area contributed by atoms with Crippen molar-refractivity contribution in [3.8, 4) is 0 Å². The van der Waals surface area contributed by atoms with Gasteiger partial charge in [-0.3, -0.25) is 0 Å². The molecule has 0 radical (unpaired) electrons. The molecule has 14 heavy (non-hydrogen) atoms. The Morgan fingerprint density at radius 1 is 1.29 bits per heavy atom. The molecule has 0 fully saturated rings. The number of aromatic nitrogens is 2. The van der Waals surface area contributed by atoms with Crippen molar-refractivity contribution < 1.29 is 0 Å². The minimum absolute atomic E-state index is 0.817. The molecule has 0 aliphatic rings. The Labute approximate surface area is 100 Å². The van der Waals surface area contributed by atoms with E-state index in [1.807, 2.05) is 12.4 Å². The fraction of sp³-hybridized carbons (Fsp3) is 0.182.